The van der Waals surface area contributed by atoms with E-state index < -0.39 is 0 Å². The Kier molecular flexibility index (Phi) is 3.08. The Morgan fingerprint density at radius 3 is 2.27 bits per heavy atom. The van der Waals surface area contributed by atoms with Gasteiger partial charge in [-0.05, 0) is 37.2 Å². The van der Waals surface area contributed by atoms with Crippen molar-refractivity contribution in [2.75, 3.05) is 6.54 Å². The van der Waals surface area contributed by atoms with Gasteiger partial charge >= 0.3 is 0 Å². The highest BCUT2D eigenvalue weighted by Crippen LogP contribution is 2.36. The molecule has 0 bridgehead atoms. The Labute approximate surface area is 91.7 Å². The minimum atomic E-state index is -0.0920. The van der Waals surface area contributed by atoms with Crippen LogP contribution in [0.15, 0.2) is 30.3 Å². The van der Waals surface area contributed by atoms with Crippen molar-refractivity contribution in [3.05, 3.63) is 35.9 Å². The van der Waals surface area contributed by atoms with E-state index in [1.165, 1.54) is 18.4 Å². The van der Waals surface area contributed by atoms with Gasteiger partial charge in [-0.2, -0.15) is 0 Å². The van der Waals surface area contributed by atoms with Gasteiger partial charge in [0.15, 0.2) is 0 Å². The molecule has 0 aliphatic heterocycles. The van der Waals surface area contributed by atoms with Crippen LogP contribution in [0.5, 0.6) is 0 Å². The predicted molar refractivity (Wildman–Crippen MR) is 63.6 cm³/mol. The van der Waals surface area contributed by atoms with Gasteiger partial charge in [-0.15, -0.1) is 0 Å². The van der Waals surface area contributed by atoms with E-state index >= 15 is 0 Å². The standard InChI is InChI=1S/C13H20N2/c14-10-13(15)8-6-12(7-9-13)11-4-2-1-3-5-11/h1-5,12H,6-10,14-15H2. The average Bonchev–Trinajstić information content (AvgIpc) is 2.31. The van der Waals surface area contributed by atoms with E-state index in [0.717, 1.165) is 12.8 Å². The summed E-state index contributed by atoms with van der Waals surface area (Å²) in [6.07, 6.45) is 4.47. The van der Waals surface area contributed by atoms with Crippen LogP contribution in [0.2, 0.25) is 0 Å². The van der Waals surface area contributed by atoms with E-state index in [2.05, 4.69) is 30.3 Å². The molecule has 82 valence electrons. The van der Waals surface area contributed by atoms with Crippen LogP contribution in [0.25, 0.3) is 0 Å². The third-order valence-electron chi connectivity index (χ3n) is 3.66. The van der Waals surface area contributed by atoms with Gasteiger partial charge in [0.2, 0.25) is 0 Å². The van der Waals surface area contributed by atoms with Crippen molar-refractivity contribution in [2.24, 2.45) is 11.5 Å². The van der Waals surface area contributed by atoms with Crippen LogP contribution in [-0.2, 0) is 0 Å². The first-order valence-corrected chi connectivity index (χ1v) is 5.77. The Bertz CT molecular complexity index is 300. The molecule has 0 radical (unpaired) electrons. The minimum Gasteiger partial charge on any atom is -0.329 e. The second-order valence-corrected chi connectivity index (χ2v) is 4.75. The van der Waals surface area contributed by atoms with E-state index in [0.29, 0.717) is 12.5 Å². The maximum atomic E-state index is 6.17. The molecular formula is C13H20N2. The van der Waals surface area contributed by atoms with E-state index in [-0.39, 0.29) is 5.54 Å². The lowest BCUT2D eigenvalue weighted by molar-refractivity contribution is 0.280. The highest BCUT2D eigenvalue weighted by Gasteiger charge is 2.30. The monoisotopic (exact) mass is 204 g/mol. The second kappa shape index (κ2) is 4.33. The van der Waals surface area contributed by atoms with Crippen LogP contribution in [0.4, 0.5) is 0 Å². The van der Waals surface area contributed by atoms with Crippen molar-refractivity contribution in [1.29, 1.82) is 0 Å². The molecule has 0 amide bonds. The van der Waals surface area contributed by atoms with Crippen molar-refractivity contribution in [2.45, 2.75) is 37.1 Å². The van der Waals surface area contributed by atoms with Crippen molar-refractivity contribution < 1.29 is 0 Å². The fourth-order valence-electron chi connectivity index (χ4n) is 2.46. The van der Waals surface area contributed by atoms with Gasteiger partial charge in [-0.25, -0.2) is 0 Å². The summed E-state index contributed by atoms with van der Waals surface area (Å²) in [6.45, 7) is 0.620. The summed E-state index contributed by atoms with van der Waals surface area (Å²) >= 11 is 0. The Hall–Kier alpha value is -0.860. The van der Waals surface area contributed by atoms with Crippen LogP contribution in [0, 0.1) is 0 Å². The highest BCUT2D eigenvalue weighted by atomic mass is 14.8. The van der Waals surface area contributed by atoms with Gasteiger partial charge in [-0.3, -0.25) is 0 Å². The smallest absolute Gasteiger partial charge is 0.0279 e. The van der Waals surface area contributed by atoms with Crippen molar-refractivity contribution in [3.63, 3.8) is 0 Å². The largest absolute Gasteiger partial charge is 0.329 e. The van der Waals surface area contributed by atoms with Crippen molar-refractivity contribution >= 4 is 0 Å². The van der Waals surface area contributed by atoms with E-state index in [9.17, 15) is 0 Å². The molecule has 1 aromatic carbocycles. The van der Waals surface area contributed by atoms with Crippen LogP contribution in [0.1, 0.15) is 37.2 Å². The lowest BCUT2D eigenvalue weighted by Gasteiger charge is -2.36. The average molecular weight is 204 g/mol. The topological polar surface area (TPSA) is 52.0 Å². The van der Waals surface area contributed by atoms with Crippen molar-refractivity contribution in [3.8, 4) is 0 Å². The third kappa shape index (κ3) is 2.39. The zero-order chi connectivity index (χ0) is 10.7. The Morgan fingerprint density at radius 2 is 1.73 bits per heavy atom. The number of hydrogen-bond donors (Lipinski definition) is 2. The molecule has 1 aliphatic carbocycles. The van der Waals surface area contributed by atoms with Gasteiger partial charge in [0, 0.05) is 12.1 Å². The summed E-state index contributed by atoms with van der Waals surface area (Å²) in [5, 5.41) is 0. The van der Waals surface area contributed by atoms with Crippen molar-refractivity contribution in [1.82, 2.24) is 0 Å². The van der Waals surface area contributed by atoms with E-state index in [1.54, 1.807) is 0 Å². The normalized spacial score (nSPS) is 31.5. The molecule has 1 aromatic rings. The van der Waals surface area contributed by atoms with Gasteiger partial charge in [0.1, 0.15) is 0 Å². The molecule has 1 fully saturated rings. The summed E-state index contributed by atoms with van der Waals surface area (Å²) in [7, 11) is 0. The van der Waals surface area contributed by atoms with E-state index in [4.69, 9.17) is 11.5 Å². The first-order valence-electron chi connectivity index (χ1n) is 5.77. The van der Waals surface area contributed by atoms with Crippen LogP contribution >= 0.6 is 0 Å². The summed E-state index contributed by atoms with van der Waals surface area (Å²) in [5.41, 5.74) is 13.2. The van der Waals surface area contributed by atoms with Crippen LogP contribution < -0.4 is 11.5 Å². The van der Waals surface area contributed by atoms with Gasteiger partial charge in [0.25, 0.3) is 0 Å². The molecule has 2 heteroatoms. The van der Waals surface area contributed by atoms with Gasteiger partial charge in [-0.1, -0.05) is 30.3 Å². The fourth-order valence-corrected chi connectivity index (χ4v) is 2.46. The Morgan fingerprint density at radius 1 is 1.13 bits per heavy atom. The first kappa shape index (κ1) is 10.7. The first-order chi connectivity index (χ1) is 7.23. The molecule has 2 nitrogen and oxygen atoms in total. The number of hydrogen-bond acceptors (Lipinski definition) is 2. The summed E-state index contributed by atoms with van der Waals surface area (Å²) in [5.74, 6) is 0.689. The molecular weight excluding hydrogens is 184 g/mol. The third-order valence-corrected chi connectivity index (χ3v) is 3.66. The zero-order valence-electron chi connectivity index (χ0n) is 9.15. The molecule has 2 rings (SSSR count). The number of rotatable bonds is 2. The summed E-state index contributed by atoms with van der Waals surface area (Å²) in [4.78, 5) is 0. The molecule has 0 saturated heterocycles. The molecule has 0 unspecified atom stereocenters. The number of nitrogens with two attached hydrogens (primary N) is 2. The molecule has 1 aliphatic rings. The van der Waals surface area contributed by atoms with Crippen LogP contribution in [-0.4, -0.2) is 12.1 Å². The maximum absolute atomic E-state index is 6.17. The zero-order valence-corrected chi connectivity index (χ0v) is 9.15. The highest BCUT2D eigenvalue weighted by molar-refractivity contribution is 5.20. The van der Waals surface area contributed by atoms with Crippen LogP contribution in [0.3, 0.4) is 0 Å². The fraction of sp³-hybridized carbons (Fsp3) is 0.538. The summed E-state index contributed by atoms with van der Waals surface area (Å²) < 4.78 is 0. The quantitative estimate of drug-likeness (QED) is 0.774. The SMILES string of the molecule is NCC1(N)CCC(c2ccccc2)CC1. The minimum absolute atomic E-state index is 0.0920. The molecule has 15 heavy (non-hydrogen) atoms. The predicted octanol–water partition coefficient (Wildman–Crippen LogP) is 2.00. The maximum Gasteiger partial charge on any atom is 0.0279 e. The number of benzene rings is 1. The molecule has 0 heterocycles. The molecule has 0 aromatic heterocycles. The lowest BCUT2D eigenvalue weighted by atomic mass is 9.75. The van der Waals surface area contributed by atoms with Gasteiger partial charge < -0.3 is 11.5 Å². The van der Waals surface area contributed by atoms with Gasteiger partial charge in [0.05, 0.1) is 0 Å². The molecule has 0 atom stereocenters. The van der Waals surface area contributed by atoms with E-state index in [1.807, 2.05) is 0 Å². The molecule has 4 N–H and O–H groups in total. The Balaban J connectivity index is 2.00. The molecule has 1 saturated carbocycles. The second-order valence-electron chi connectivity index (χ2n) is 4.75. The lowest BCUT2D eigenvalue weighted by Crippen LogP contribution is -2.49. The summed E-state index contributed by atoms with van der Waals surface area (Å²) in [6, 6.07) is 10.7. The molecule has 0 spiro atoms.